The quantitative estimate of drug-likeness (QED) is 0.442. The van der Waals surface area contributed by atoms with Crippen LogP contribution in [0.15, 0.2) is 48.8 Å². The molecule has 2 aromatic carbocycles. The number of nitrogens with one attached hydrogen (secondary N) is 2. The molecule has 7 heteroatoms. The molecule has 0 spiro atoms. The Labute approximate surface area is 180 Å². The highest BCUT2D eigenvalue weighted by atomic mass is 16.1. The van der Waals surface area contributed by atoms with Gasteiger partial charge in [-0.1, -0.05) is 18.2 Å². The third-order valence-corrected chi connectivity index (χ3v) is 5.44. The number of benzene rings is 2. The lowest BCUT2D eigenvalue weighted by atomic mass is 9.94. The van der Waals surface area contributed by atoms with Crippen molar-refractivity contribution >= 4 is 28.4 Å². The molecule has 4 aromatic rings. The third-order valence-electron chi connectivity index (χ3n) is 5.44. The van der Waals surface area contributed by atoms with Crippen LogP contribution in [0.2, 0.25) is 0 Å². The lowest BCUT2D eigenvalue weighted by Gasteiger charge is -2.13. The Balaban J connectivity index is 1.93. The molecule has 0 aliphatic carbocycles. The number of primary amides is 1. The number of fused-ring (bicyclic) bond motifs is 1. The van der Waals surface area contributed by atoms with Gasteiger partial charge < -0.3 is 16.0 Å². The van der Waals surface area contributed by atoms with Crippen LogP contribution in [-0.4, -0.2) is 26.6 Å². The van der Waals surface area contributed by atoms with Crippen molar-refractivity contribution in [2.75, 3.05) is 5.32 Å². The number of nitrogens with two attached hydrogens (primary N) is 1. The molecule has 0 unspecified atom stereocenters. The fourth-order valence-corrected chi connectivity index (χ4v) is 3.83. The molecule has 2 amide bonds. The third kappa shape index (κ3) is 3.70. The van der Waals surface area contributed by atoms with Crippen LogP contribution in [0, 0.1) is 6.92 Å². The Morgan fingerprint density at radius 2 is 1.94 bits per heavy atom. The summed E-state index contributed by atoms with van der Waals surface area (Å²) in [6, 6.07) is 11.7. The van der Waals surface area contributed by atoms with Crippen molar-refractivity contribution in [1.82, 2.24) is 14.8 Å². The summed E-state index contributed by atoms with van der Waals surface area (Å²) in [6.45, 7) is 7.59. The Morgan fingerprint density at radius 1 is 1.16 bits per heavy atom. The largest absolute Gasteiger partial charge is 0.366 e. The van der Waals surface area contributed by atoms with Gasteiger partial charge in [0.05, 0.1) is 17.3 Å². The zero-order valence-corrected chi connectivity index (χ0v) is 18.0. The minimum atomic E-state index is -0.494. The zero-order chi connectivity index (χ0) is 22.3. The lowest BCUT2D eigenvalue weighted by Crippen LogP contribution is -2.11. The molecular formula is C24H25N5O2. The molecule has 0 saturated carbocycles. The summed E-state index contributed by atoms with van der Waals surface area (Å²) in [6.07, 6.45) is 3.78. The molecule has 0 fully saturated rings. The molecule has 4 rings (SSSR count). The van der Waals surface area contributed by atoms with Gasteiger partial charge in [-0.05, 0) is 55.7 Å². The topological polar surface area (TPSA) is 106 Å². The summed E-state index contributed by atoms with van der Waals surface area (Å²) >= 11 is 0. The van der Waals surface area contributed by atoms with Crippen LogP contribution in [0.4, 0.5) is 5.69 Å². The maximum absolute atomic E-state index is 12.1. The Bertz CT molecular complexity index is 1310. The van der Waals surface area contributed by atoms with Crippen molar-refractivity contribution < 1.29 is 9.59 Å². The fourth-order valence-electron chi connectivity index (χ4n) is 3.83. The SMILES string of the molecule is CC(=O)Nc1cccc(-c2ccc(C(N)=O)c3[nH]c(-c4cnn(C(C)C)c4)cc23)c1C. The van der Waals surface area contributed by atoms with Gasteiger partial charge in [-0.3, -0.25) is 14.3 Å². The van der Waals surface area contributed by atoms with Crippen LogP contribution in [-0.2, 0) is 4.79 Å². The van der Waals surface area contributed by atoms with Gasteiger partial charge in [0.2, 0.25) is 5.91 Å². The molecular weight excluding hydrogens is 390 g/mol. The number of aromatic nitrogens is 3. The monoisotopic (exact) mass is 415 g/mol. The summed E-state index contributed by atoms with van der Waals surface area (Å²) in [4.78, 5) is 27.0. The Kier molecular flexibility index (Phi) is 5.10. The number of nitrogens with zero attached hydrogens (tertiary/aromatic N) is 2. The maximum Gasteiger partial charge on any atom is 0.250 e. The summed E-state index contributed by atoms with van der Waals surface area (Å²) in [5.74, 6) is -0.618. The van der Waals surface area contributed by atoms with E-state index in [1.807, 2.05) is 48.1 Å². The van der Waals surface area contributed by atoms with E-state index >= 15 is 0 Å². The smallest absolute Gasteiger partial charge is 0.250 e. The molecule has 2 heterocycles. The fraction of sp³-hybridized carbons (Fsp3) is 0.208. The number of hydrogen-bond acceptors (Lipinski definition) is 3. The second kappa shape index (κ2) is 7.75. The van der Waals surface area contributed by atoms with Gasteiger partial charge in [-0.25, -0.2) is 0 Å². The van der Waals surface area contributed by atoms with Crippen LogP contribution in [0.1, 0.15) is 42.7 Å². The lowest BCUT2D eigenvalue weighted by molar-refractivity contribution is -0.114. The van der Waals surface area contributed by atoms with Crippen LogP contribution in [0.25, 0.3) is 33.3 Å². The Morgan fingerprint density at radius 3 is 2.58 bits per heavy atom. The predicted octanol–water partition coefficient (Wildman–Crippen LogP) is 4.65. The molecule has 0 atom stereocenters. The minimum Gasteiger partial charge on any atom is -0.366 e. The van der Waals surface area contributed by atoms with Gasteiger partial charge in [0.1, 0.15) is 0 Å². The van der Waals surface area contributed by atoms with Crippen molar-refractivity contribution in [2.45, 2.75) is 33.7 Å². The zero-order valence-electron chi connectivity index (χ0n) is 18.0. The summed E-state index contributed by atoms with van der Waals surface area (Å²) in [5, 5.41) is 8.17. The van der Waals surface area contributed by atoms with Gasteiger partial charge in [-0.15, -0.1) is 0 Å². The highest BCUT2D eigenvalue weighted by Crippen LogP contribution is 2.37. The molecule has 31 heavy (non-hydrogen) atoms. The standard InChI is InChI=1S/C24H25N5O2/c1-13(2)29-12-16(11-26-29)22-10-20-18(8-9-19(24(25)31)23(20)28-22)17-6-5-7-21(14(17)3)27-15(4)30/h5-13,28H,1-4H3,(H2,25,31)(H,27,30). The van der Waals surface area contributed by atoms with Crippen molar-refractivity contribution in [3.05, 3.63) is 59.9 Å². The van der Waals surface area contributed by atoms with Gasteiger partial charge in [0.15, 0.2) is 0 Å². The van der Waals surface area contributed by atoms with E-state index in [1.165, 1.54) is 6.92 Å². The first-order valence-corrected chi connectivity index (χ1v) is 10.1. The van der Waals surface area contributed by atoms with E-state index in [9.17, 15) is 9.59 Å². The van der Waals surface area contributed by atoms with Crippen molar-refractivity contribution in [1.29, 1.82) is 0 Å². The van der Waals surface area contributed by atoms with Gasteiger partial charge in [0.25, 0.3) is 5.91 Å². The highest BCUT2D eigenvalue weighted by molar-refractivity contribution is 6.11. The second-order valence-corrected chi connectivity index (χ2v) is 7.96. The predicted molar refractivity (Wildman–Crippen MR) is 123 cm³/mol. The van der Waals surface area contributed by atoms with Crippen molar-refractivity contribution in [3.63, 3.8) is 0 Å². The van der Waals surface area contributed by atoms with Crippen LogP contribution < -0.4 is 11.1 Å². The number of rotatable bonds is 5. The van der Waals surface area contributed by atoms with E-state index in [0.717, 1.165) is 39.0 Å². The molecule has 0 saturated heterocycles. The average Bonchev–Trinajstić information content (AvgIpc) is 3.36. The van der Waals surface area contributed by atoms with E-state index in [-0.39, 0.29) is 11.9 Å². The molecule has 4 N–H and O–H groups in total. The number of anilines is 1. The maximum atomic E-state index is 12.1. The number of hydrogen-bond donors (Lipinski definition) is 3. The van der Waals surface area contributed by atoms with Crippen LogP contribution in [0.5, 0.6) is 0 Å². The first kappa shape index (κ1) is 20.4. The van der Waals surface area contributed by atoms with E-state index < -0.39 is 5.91 Å². The normalized spacial score (nSPS) is 11.3. The van der Waals surface area contributed by atoms with E-state index in [0.29, 0.717) is 11.1 Å². The molecule has 0 bridgehead atoms. The number of carbonyl (C=O) groups is 2. The summed E-state index contributed by atoms with van der Waals surface area (Å²) < 4.78 is 1.89. The molecule has 2 aromatic heterocycles. The molecule has 158 valence electrons. The Hall–Kier alpha value is -3.87. The van der Waals surface area contributed by atoms with Crippen LogP contribution in [0.3, 0.4) is 0 Å². The van der Waals surface area contributed by atoms with Gasteiger partial charge in [0, 0.05) is 41.5 Å². The van der Waals surface area contributed by atoms with E-state index in [2.05, 4.69) is 29.2 Å². The van der Waals surface area contributed by atoms with Crippen molar-refractivity contribution in [3.8, 4) is 22.4 Å². The molecule has 7 nitrogen and oxygen atoms in total. The van der Waals surface area contributed by atoms with Crippen molar-refractivity contribution in [2.24, 2.45) is 5.73 Å². The number of amides is 2. The molecule has 0 radical (unpaired) electrons. The minimum absolute atomic E-state index is 0.124. The van der Waals surface area contributed by atoms with Crippen LogP contribution >= 0.6 is 0 Å². The first-order chi connectivity index (χ1) is 14.8. The number of H-pyrrole nitrogens is 1. The summed E-state index contributed by atoms with van der Waals surface area (Å²) in [5.41, 5.74) is 12.2. The number of aromatic amines is 1. The average molecular weight is 415 g/mol. The second-order valence-electron chi connectivity index (χ2n) is 7.96. The first-order valence-electron chi connectivity index (χ1n) is 10.1. The summed E-state index contributed by atoms with van der Waals surface area (Å²) in [7, 11) is 0. The van der Waals surface area contributed by atoms with E-state index in [4.69, 9.17) is 5.73 Å². The molecule has 0 aliphatic rings. The van der Waals surface area contributed by atoms with Gasteiger partial charge in [-0.2, -0.15) is 5.10 Å². The highest BCUT2D eigenvalue weighted by Gasteiger charge is 2.18. The van der Waals surface area contributed by atoms with E-state index in [1.54, 1.807) is 12.3 Å². The van der Waals surface area contributed by atoms with Gasteiger partial charge >= 0.3 is 0 Å². The molecule has 0 aliphatic heterocycles. The number of carbonyl (C=O) groups excluding carboxylic acids is 2.